The van der Waals surface area contributed by atoms with Crippen molar-refractivity contribution in [2.75, 3.05) is 13.1 Å². The molecule has 0 amide bonds. The molecule has 0 radical (unpaired) electrons. The number of benzene rings is 10. The zero-order valence-electron chi connectivity index (χ0n) is 39.5. The van der Waals surface area contributed by atoms with Crippen LogP contribution in [0.15, 0.2) is 72.8 Å². The Morgan fingerprint density at radius 2 is 1.00 bits per heavy atom. The highest BCUT2D eigenvalue weighted by atomic mass is 15.2. The molecule has 1 heterocycles. The monoisotopic (exact) mass is 873 g/mol. The van der Waals surface area contributed by atoms with Crippen molar-refractivity contribution < 1.29 is 0 Å². The van der Waals surface area contributed by atoms with E-state index >= 15 is 0 Å². The van der Waals surface area contributed by atoms with Crippen molar-refractivity contribution in [3.8, 4) is 0 Å². The smallest absolute Gasteiger partial charge is 0.0429 e. The van der Waals surface area contributed by atoms with Gasteiger partial charge in [-0.2, -0.15) is 0 Å². The van der Waals surface area contributed by atoms with E-state index in [0.29, 0.717) is 12.0 Å². The highest BCUT2D eigenvalue weighted by Crippen LogP contribution is 2.70. The molecular weight excluding hydrogens is 819 g/mol. The summed E-state index contributed by atoms with van der Waals surface area (Å²) in [5.74, 6) is 0.441. The van der Waals surface area contributed by atoms with Gasteiger partial charge < -0.3 is 0 Å². The number of fused-ring (bicyclic) bond motifs is 2. The molecule has 0 N–H and O–H groups in total. The van der Waals surface area contributed by atoms with Gasteiger partial charge in [-0.3, -0.25) is 4.90 Å². The van der Waals surface area contributed by atoms with Crippen LogP contribution in [0.2, 0.25) is 0 Å². The standard InChI is InChI=1S/C67H55N/c1-2-3-4-5-6-7-8-9-10-11-12-13-14-17-23-68-32-67-31-40-29-38-27-35-24-34-25-37-26-36-28-39-30-43(64(67)66(68)42-22-18-20-33-19-15-16-21-41(33)42)51-56-47(39)46(36)53-48(37)52-44(34)45(35)54-49(38)55-50(40)65(67)63(51)62-60(55)58(54)57(52)59(53)61(56)62/h15-16,18-22,24-27,29,64,66H,2-14,17,23,28,30-32H2,1H3. The molecule has 1 fully saturated rings. The second kappa shape index (κ2) is 12.0. The molecule has 14 aromatic carbocycles. The van der Waals surface area contributed by atoms with Crippen molar-refractivity contribution in [1.82, 2.24) is 4.90 Å². The van der Waals surface area contributed by atoms with Gasteiger partial charge >= 0.3 is 0 Å². The molecule has 0 bridgehead atoms. The zero-order chi connectivity index (χ0) is 43.6. The largest absolute Gasteiger partial charge is 0.295 e. The first-order valence-corrected chi connectivity index (χ1v) is 27.5. The Labute approximate surface area is 395 Å². The topological polar surface area (TPSA) is 3.24 Å². The molecule has 3 atom stereocenters. The third-order valence-electron chi connectivity index (χ3n) is 20.7. The van der Waals surface area contributed by atoms with Gasteiger partial charge in [0, 0.05) is 23.9 Å². The van der Waals surface area contributed by atoms with E-state index in [1.807, 2.05) is 5.57 Å². The molecule has 328 valence electrons. The van der Waals surface area contributed by atoms with Crippen LogP contribution in [-0.2, 0) is 18.3 Å². The second-order valence-electron chi connectivity index (χ2n) is 23.8. The minimum atomic E-state index is 0.0526. The van der Waals surface area contributed by atoms with E-state index in [2.05, 4.69) is 84.6 Å². The fourth-order valence-electron chi connectivity index (χ4n) is 18.7. The van der Waals surface area contributed by atoms with E-state index in [-0.39, 0.29) is 5.41 Å². The lowest BCUT2D eigenvalue weighted by Gasteiger charge is -2.40. The molecule has 3 unspecified atom stereocenters. The molecule has 0 aromatic heterocycles. The van der Waals surface area contributed by atoms with Gasteiger partial charge in [0.25, 0.3) is 0 Å². The van der Waals surface area contributed by atoms with Crippen LogP contribution in [0, 0.1) is 5.92 Å². The van der Waals surface area contributed by atoms with Gasteiger partial charge in [0.05, 0.1) is 0 Å². The van der Waals surface area contributed by atoms with Gasteiger partial charge in [0.1, 0.15) is 0 Å². The van der Waals surface area contributed by atoms with Crippen LogP contribution in [0.3, 0.4) is 0 Å². The maximum atomic E-state index is 3.10. The van der Waals surface area contributed by atoms with Crippen molar-refractivity contribution in [3.63, 3.8) is 0 Å². The predicted octanol–water partition coefficient (Wildman–Crippen LogP) is 16.7. The van der Waals surface area contributed by atoms with Crippen molar-refractivity contribution >= 4 is 140 Å². The van der Waals surface area contributed by atoms with E-state index in [1.54, 1.807) is 135 Å². The van der Waals surface area contributed by atoms with Crippen LogP contribution >= 0.6 is 0 Å². The van der Waals surface area contributed by atoms with Crippen LogP contribution in [-0.4, -0.2) is 18.0 Å². The lowest BCUT2D eigenvalue weighted by atomic mass is 9.61. The van der Waals surface area contributed by atoms with Crippen molar-refractivity contribution in [2.45, 2.75) is 128 Å². The van der Waals surface area contributed by atoms with Gasteiger partial charge in [-0.25, -0.2) is 0 Å². The van der Waals surface area contributed by atoms with Crippen LogP contribution in [0.1, 0.15) is 132 Å². The fraction of sp³-hybridized carbons (Fsp3) is 0.343. The Hall–Kier alpha value is -5.76. The average Bonchev–Trinajstić information content (AvgIpc) is 4.22. The Kier molecular flexibility index (Phi) is 6.38. The van der Waals surface area contributed by atoms with E-state index in [0.717, 1.165) is 12.8 Å². The number of rotatable bonds is 16. The first-order valence-electron chi connectivity index (χ1n) is 27.5. The fourth-order valence-corrected chi connectivity index (χ4v) is 18.7. The minimum Gasteiger partial charge on any atom is -0.295 e. The molecule has 14 aromatic rings. The maximum absolute atomic E-state index is 3.10. The SMILES string of the molecule is CCCCCCCCCCCCCCCCN1CC23Cc4cc5cc6cc7cc8cc9c%10c%11c%12c(c%13c2c4c2c5c4c6c7c5c8c%10c6c%12c%13c2c4c56)=C(CC=%11C9)C3C1c1cccc2ccccc12. The van der Waals surface area contributed by atoms with Crippen LogP contribution in [0.25, 0.3) is 140 Å². The van der Waals surface area contributed by atoms with Crippen LogP contribution in [0.5, 0.6) is 0 Å². The first kappa shape index (κ1) is 36.3. The number of unbranched alkanes of at least 4 members (excludes halogenated alkanes) is 13. The molecule has 1 aliphatic heterocycles. The van der Waals surface area contributed by atoms with Crippen molar-refractivity contribution in [2.24, 2.45) is 5.92 Å². The first-order chi connectivity index (χ1) is 33.7. The summed E-state index contributed by atoms with van der Waals surface area (Å²) in [7, 11) is 0. The lowest BCUT2D eigenvalue weighted by molar-refractivity contribution is 0.237. The lowest BCUT2D eigenvalue weighted by Crippen LogP contribution is -2.42. The van der Waals surface area contributed by atoms with Crippen LogP contribution in [0.4, 0.5) is 0 Å². The highest BCUT2D eigenvalue weighted by Gasteiger charge is 2.61. The molecular formula is C67H55N. The van der Waals surface area contributed by atoms with Gasteiger partial charge in [0.15, 0.2) is 0 Å². The quantitative estimate of drug-likeness (QED) is 0.0691. The molecule has 1 nitrogen and oxygen atoms in total. The van der Waals surface area contributed by atoms with Gasteiger partial charge in [-0.15, -0.1) is 0 Å². The number of likely N-dealkylation sites (tertiary alicyclic amines) is 1. The maximum Gasteiger partial charge on any atom is 0.0429 e. The normalized spacial score (nSPS) is 21.3. The van der Waals surface area contributed by atoms with Crippen molar-refractivity contribution in [3.05, 3.63) is 105 Å². The molecule has 1 saturated heterocycles. The molecule has 4 aliphatic carbocycles. The van der Waals surface area contributed by atoms with E-state index < -0.39 is 0 Å². The van der Waals surface area contributed by atoms with Crippen LogP contribution < -0.4 is 10.4 Å². The molecule has 19 rings (SSSR count). The number of nitrogens with zero attached hydrogens (tertiary/aromatic N) is 1. The summed E-state index contributed by atoms with van der Waals surface area (Å²) in [5, 5.41) is 41.7. The third-order valence-corrected chi connectivity index (χ3v) is 20.7. The number of hydrogen-bond acceptors (Lipinski definition) is 1. The minimum absolute atomic E-state index is 0.0526. The van der Waals surface area contributed by atoms with Gasteiger partial charge in [-0.1, -0.05) is 156 Å². The van der Waals surface area contributed by atoms with Gasteiger partial charge in [-0.05, 0) is 212 Å². The molecule has 5 aliphatic rings. The summed E-state index contributed by atoms with van der Waals surface area (Å²) in [4.78, 5) is 3.10. The average molecular weight is 874 g/mol. The Morgan fingerprint density at radius 1 is 0.456 bits per heavy atom. The van der Waals surface area contributed by atoms with Crippen molar-refractivity contribution in [1.29, 1.82) is 0 Å². The molecule has 1 spiro atoms. The van der Waals surface area contributed by atoms with E-state index in [9.17, 15) is 0 Å². The summed E-state index contributed by atoms with van der Waals surface area (Å²) >= 11 is 0. The molecule has 0 saturated carbocycles. The predicted molar refractivity (Wildman–Crippen MR) is 292 cm³/mol. The summed E-state index contributed by atoms with van der Waals surface area (Å²) in [6.07, 6.45) is 23.2. The summed E-state index contributed by atoms with van der Waals surface area (Å²) in [5.41, 5.74) is 10.3. The summed E-state index contributed by atoms with van der Waals surface area (Å²) < 4.78 is 0. The zero-order valence-corrected chi connectivity index (χ0v) is 39.5. The Morgan fingerprint density at radius 3 is 1.71 bits per heavy atom. The second-order valence-corrected chi connectivity index (χ2v) is 23.8. The third kappa shape index (κ3) is 3.76. The summed E-state index contributed by atoms with van der Waals surface area (Å²) in [6.45, 7) is 4.69. The van der Waals surface area contributed by atoms with E-state index in [1.165, 1.54) is 142 Å². The number of hydrogen-bond donors (Lipinski definition) is 0. The summed E-state index contributed by atoms with van der Waals surface area (Å²) in [6, 6.07) is 30.4. The Balaban J connectivity index is 0.824. The highest BCUT2D eigenvalue weighted by molar-refractivity contribution is 6.63. The molecule has 68 heavy (non-hydrogen) atoms. The van der Waals surface area contributed by atoms with E-state index in [4.69, 9.17) is 0 Å². The molecule has 1 heteroatoms. The Bertz CT molecular complexity index is 4560. The van der Waals surface area contributed by atoms with Gasteiger partial charge in [0.2, 0.25) is 0 Å².